The summed E-state index contributed by atoms with van der Waals surface area (Å²) in [5, 5.41) is 43.4. The average molecular weight is 942 g/mol. The van der Waals surface area contributed by atoms with Gasteiger partial charge < -0.3 is 72.9 Å². The molecule has 0 aromatic rings. The molecule has 0 bridgehead atoms. The van der Waals surface area contributed by atoms with Gasteiger partial charge in [0.1, 0.15) is 0 Å². The molecule has 0 saturated heterocycles. The molecule has 0 amide bonds. The van der Waals surface area contributed by atoms with Crippen molar-refractivity contribution >= 4 is 0 Å². The van der Waals surface area contributed by atoms with E-state index in [1.54, 1.807) is 28.4 Å². The van der Waals surface area contributed by atoms with Crippen LogP contribution in [0.2, 0.25) is 0 Å². The van der Waals surface area contributed by atoms with Crippen molar-refractivity contribution in [2.45, 2.75) is 88.8 Å². The van der Waals surface area contributed by atoms with Crippen LogP contribution in [0.4, 0.5) is 0 Å². The molecule has 21 heteroatoms. The maximum Gasteiger partial charge on any atom is 0.422 e. The van der Waals surface area contributed by atoms with Crippen molar-refractivity contribution in [3.05, 3.63) is 0 Å². The first-order valence-corrected chi connectivity index (χ1v) is 10.1. The monoisotopic (exact) mass is 941 g/mol. The Labute approximate surface area is 363 Å². The van der Waals surface area contributed by atoms with Crippen molar-refractivity contribution in [2.24, 2.45) is 0 Å². The number of methoxy groups -OCH3 is 10. The van der Waals surface area contributed by atoms with E-state index < -0.39 is 30.4 Å². The second kappa shape index (κ2) is 52.9. The van der Waals surface area contributed by atoms with Crippen molar-refractivity contribution < 1.29 is 185 Å². The van der Waals surface area contributed by atoms with Crippen LogP contribution in [0.1, 0.15) is 58.4 Å². The van der Waals surface area contributed by atoms with Gasteiger partial charge >= 0.3 is 18.5 Å². The number of rotatable bonds is 14. The van der Waals surface area contributed by atoms with E-state index in [-0.39, 0.29) is 143 Å². The molecule has 0 unspecified atom stereocenters. The largest absolute Gasteiger partial charge is 0.422 e. The molecule has 18 nitrogen and oxygen atoms in total. The molecule has 0 aliphatic heterocycles. The van der Waals surface area contributed by atoms with Gasteiger partial charge in [-0.2, -0.15) is 0 Å². The van der Waals surface area contributed by atoms with Gasteiger partial charge in [0.05, 0.1) is 0 Å². The molecular weight excluding hydrogens is 867 g/mol. The fraction of sp³-hybridized carbons (Fsp3) is 1.00. The van der Waals surface area contributed by atoms with E-state index in [1.807, 2.05) is 0 Å². The number of hydrogen-bond acceptors (Lipinski definition) is 18. The first kappa shape index (κ1) is 92.4. The standard InChI is InChI=1S/C12H26O11.C3H8O4.2C2H6O.CH4O.6CH4.3Y/c1-9(13,15-3)21-11(14,18-6)23-12(19-7,20-8)22-10(2,16-4)17-5;1-6-3(4,5)7-2;2*1-3-2;1-2;;;;;;;;;/h13-14H,1-8H3;4-5H,1-2H3;2*1-2H3;2H,1H3;6*1H4;;;/t9-,11-;;;;;;;;;;;;;/m0............./s1. The molecule has 0 aliphatic rings. The molecular formula is C26H74O18Y3. The predicted octanol–water partition coefficient (Wildman–Crippen LogP) is 2.29. The fourth-order valence-corrected chi connectivity index (χ4v) is 1.29. The average Bonchev–Trinajstić information content (AvgIpc) is 2.90. The molecule has 0 spiro atoms. The number of ether oxygens (including phenoxy) is 13. The first-order chi connectivity index (χ1) is 17.4. The Bertz CT molecular complexity index is 498. The maximum atomic E-state index is 10.2. The van der Waals surface area contributed by atoms with E-state index in [9.17, 15) is 10.2 Å². The van der Waals surface area contributed by atoms with Gasteiger partial charge in [0.15, 0.2) is 0 Å². The number of aliphatic hydroxyl groups excluding tert-OH is 1. The third kappa shape index (κ3) is 53.0. The summed E-state index contributed by atoms with van der Waals surface area (Å²) in [6, 6.07) is 0. The van der Waals surface area contributed by atoms with E-state index in [4.69, 9.17) is 48.5 Å². The van der Waals surface area contributed by atoms with Gasteiger partial charge in [-0.15, -0.1) is 0 Å². The zero-order valence-corrected chi connectivity index (χ0v) is 35.3. The third-order valence-electron chi connectivity index (χ3n) is 3.29. The van der Waals surface area contributed by atoms with E-state index in [1.165, 1.54) is 21.1 Å². The zero-order valence-electron chi connectivity index (χ0n) is 26.8. The summed E-state index contributed by atoms with van der Waals surface area (Å²) < 4.78 is 60.8. The van der Waals surface area contributed by atoms with E-state index >= 15 is 0 Å². The Morgan fingerprint density at radius 2 is 0.660 bits per heavy atom. The van der Waals surface area contributed by atoms with Gasteiger partial charge in [0, 0.05) is 204 Å². The summed E-state index contributed by atoms with van der Waals surface area (Å²) >= 11 is 0. The fourth-order valence-electron chi connectivity index (χ4n) is 1.29. The summed E-state index contributed by atoms with van der Waals surface area (Å²) in [7, 11) is 16.7. The molecule has 5 N–H and O–H groups in total. The molecule has 47 heavy (non-hydrogen) atoms. The molecule has 0 aliphatic carbocycles. The minimum atomic E-state index is -2.88. The van der Waals surface area contributed by atoms with Gasteiger partial charge in [-0.05, 0) is 0 Å². The quantitative estimate of drug-likeness (QED) is 0.158. The maximum absolute atomic E-state index is 10.2. The Morgan fingerprint density at radius 3 is 0.809 bits per heavy atom. The summed E-state index contributed by atoms with van der Waals surface area (Å²) in [6.45, 7) is 2.46. The predicted molar refractivity (Wildman–Crippen MR) is 168 cm³/mol. The number of hydrogen-bond donors (Lipinski definition) is 5. The van der Waals surface area contributed by atoms with E-state index in [2.05, 4.69) is 28.4 Å². The third-order valence-corrected chi connectivity index (χ3v) is 3.29. The first-order valence-electron chi connectivity index (χ1n) is 10.1. The van der Waals surface area contributed by atoms with E-state index in [0.717, 1.165) is 56.7 Å². The van der Waals surface area contributed by atoms with Crippen LogP contribution in [0.3, 0.4) is 0 Å². The van der Waals surface area contributed by atoms with Crippen LogP contribution >= 0.6 is 0 Å². The molecule has 0 fully saturated rings. The molecule has 2 atom stereocenters. The summed E-state index contributed by atoms with van der Waals surface area (Å²) in [6.07, 6.45) is -7.69. The van der Waals surface area contributed by atoms with Gasteiger partial charge in [-0.3, -0.25) is 0 Å². The normalized spacial score (nSPS) is 11.7. The minimum absolute atomic E-state index is 0. The van der Waals surface area contributed by atoms with Crippen molar-refractivity contribution in [3.8, 4) is 0 Å². The van der Waals surface area contributed by atoms with Gasteiger partial charge in [-0.25, -0.2) is 14.2 Å². The summed E-state index contributed by atoms with van der Waals surface area (Å²) in [5.74, 6) is -3.94. The second-order valence-electron chi connectivity index (χ2n) is 6.09. The van der Waals surface area contributed by atoms with Crippen molar-refractivity contribution in [3.63, 3.8) is 0 Å². The smallest absolute Gasteiger partial charge is 0.400 e. The van der Waals surface area contributed by atoms with Crippen LogP contribution in [0, 0.1) is 0 Å². The molecule has 0 rings (SSSR count). The van der Waals surface area contributed by atoms with Crippen LogP contribution in [-0.4, -0.2) is 148 Å². The molecule has 295 valence electrons. The Kier molecular flexibility index (Phi) is 104. The van der Waals surface area contributed by atoms with Gasteiger partial charge in [0.25, 0.3) is 11.9 Å². The second-order valence-corrected chi connectivity index (χ2v) is 6.09. The molecule has 0 aromatic carbocycles. The number of aliphatic hydroxyl groups is 5. The van der Waals surface area contributed by atoms with Crippen LogP contribution in [-0.2, 0) is 160 Å². The van der Waals surface area contributed by atoms with Crippen LogP contribution in [0.15, 0.2) is 0 Å². The van der Waals surface area contributed by atoms with Crippen molar-refractivity contribution in [2.75, 3.05) is 92.4 Å². The molecule has 0 saturated carbocycles. The molecule has 0 heterocycles. The summed E-state index contributed by atoms with van der Waals surface area (Å²) in [4.78, 5) is 0. The Hall–Kier alpha value is 2.59. The SMILES string of the molecule is C.C.C.C.C.C.CO.COC.COC.COC(C)(OC)OC(OC)(OC)O[C@@](O)(OC)O[C@@](C)(O)OC.COC(O)(O)OC.[Y].[Y].[Y]. The topological polar surface area (TPSA) is 221 Å². The van der Waals surface area contributed by atoms with Crippen molar-refractivity contribution in [1.82, 2.24) is 0 Å². The summed E-state index contributed by atoms with van der Waals surface area (Å²) in [5.41, 5.74) is 0. The molecule has 0 aromatic heterocycles. The minimum Gasteiger partial charge on any atom is -0.400 e. The van der Waals surface area contributed by atoms with Gasteiger partial charge in [0.2, 0.25) is 0 Å². The zero-order chi connectivity index (χ0) is 31.7. The van der Waals surface area contributed by atoms with Crippen molar-refractivity contribution in [1.29, 1.82) is 0 Å². The Morgan fingerprint density at radius 1 is 0.383 bits per heavy atom. The van der Waals surface area contributed by atoms with Gasteiger partial charge in [-0.1, -0.05) is 44.6 Å². The van der Waals surface area contributed by atoms with Crippen LogP contribution < -0.4 is 0 Å². The molecule has 3 radical (unpaired) electrons. The van der Waals surface area contributed by atoms with E-state index in [0.29, 0.717) is 0 Å². The van der Waals surface area contributed by atoms with Crippen LogP contribution in [0.25, 0.3) is 0 Å². The Balaban J connectivity index is -0.0000000324. The van der Waals surface area contributed by atoms with Crippen LogP contribution in [0.5, 0.6) is 0 Å².